The molecule has 1 aromatic rings. The van der Waals surface area contributed by atoms with E-state index in [1.54, 1.807) is 45.0 Å². The molecule has 0 aliphatic heterocycles. The zero-order valence-electron chi connectivity index (χ0n) is 20.8. The molecule has 12 heteroatoms. The minimum absolute atomic E-state index is 0.102. The Morgan fingerprint density at radius 3 is 2.11 bits per heavy atom. The van der Waals surface area contributed by atoms with Gasteiger partial charge in [0, 0.05) is 6.54 Å². The van der Waals surface area contributed by atoms with Crippen LogP contribution in [0, 0.1) is 0 Å². The van der Waals surface area contributed by atoms with Crippen LogP contribution in [0.3, 0.4) is 0 Å². The lowest BCUT2D eigenvalue weighted by Gasteiger charge is -2.23. The molecule has 12 nitrogen and oxygen atoms in total. The van der Waals surface area contributed by atoms with Crippen LogP contribution in [0.25, 0.3) is 0 Å². The fourth-order valence-electron chi connectivity index (χ4n) is 3.13. The second-order valence-corrected chi connectivity index (χ2v) is 9.28. The molecule has 0 aliphatic rings. The molecular weight excluding hydrogens is 472 g/mol. The average Bonchev–Trinajstić information content (AvgIpc) is 2.76. The molecule has 0 saturated carbocycles. The molecule has 36 heavy (non-hydrogen) atoms. The summed E-state index contributed by atoms with van der Waals surface area (Å²) in [5, 5.41) is 25.4. The molecule has 1 aromatic carbocycles. The molecule has 0 bridgehead atoms. The lowest BCUT2D eigenvalue weighted by atomic mass is 10.0. The first kappa shape index (κ1) is 30.4. The summed E-state index contributed by atoms with van der Waals surface area (Å²) < 4.78 is 5.14. The normalized spacial score (nSPS) is 13.6. The maximum absolute atomic E-state index is 12.8. The number of alkyl carbamates (subject to hydrolysis) is 1. The van der Waals surface area contributed by atoms with Gasteiger partial charge in [0.2, 0.25) is 11.8 Å². The van der Waals surface area contributed by atoms with Crippen molar-refractivity contribution in [3.8, 4) is 0 Å². The van der Waals surface area contributed by atoms with Crippen LogP contribution in [-0.4, -0.2) is 70.3 Å². The summed E-state index contributed by atoms with van der Waals surface area (Å²) in [6, 6.07) is 5.25. The quantitative estimate of drug-likeness (QED) is 0.197. The minimum atomic E-state index is -1.67. The Hall–Kier alpha value is -3.67. The number of ether oxygens (including phenoxy) is 1. The van der Waals surface area contributed by atoms with E-state index < -0.39 is 60.0 Å². The molecule has 7 N–H and O–H groups in total. The van der Waals surface area contributed by atoms with Gasteiger partial charge in [0.1, 0.15) is 17.7 Å². The minimum Gasteiger partial charge on any atom is -0.481 e. The second-order valence-electron chi connectivity index (χ2n) is 9.28. The Morgan fingerprint density at radius 2 is 1.56 bits per heavy atom. The predicted molar refractivity (Wildman–Crippen MR) is 130 cm³/mol. The predicted octanol–water partition coefficient (Wildman–Crippen LogP) is 0.780. The summed E-state index contributed by atoms with van der Waals surface area (Å²) in [5.41, 5.74) is 6.17. The van der Waals surface area contributed by atoms with Crippen LogP contribution in [0.2, 0.25) is 0 Å². The summed E-state index contributed by atoms with van der Waals surface area (Å²) in [6.07, 6.45) is -0.280. The van der Waals surface area contributed by atoms with Crippen molar-refractivity contribution < 1.29 is 38.9 Å². The van der Waals surface area contributed by atoms with Crippen LogP contribution in [0.1, 0.15) is 52.0 Å². The van der Waals surface area contributed by atoms with Gasteiger partial charge in [0.15, 0.2) is 0 Å². The van der Waals surface area contributed by atoms with Crippen molar-refractivity contribution in [2.75, 3.05) is 6.54 Å². The molecule has 1 rings (SSSR count). The number of rotatable bonds is 14. The number of amides is 3. The van der Waals surface area contributed by atoms with E-state index in [2.05, 4.69) is 16.0 Å². The summed E-state index contributed by atoms with van der Waals surface area (Å²) in [5.74, 6) is -4.38. The zero-order valence-corrected chi connectivity index (χ0v) is 20.8. The van der Waals surface area contributed by atoms with E-state index in [0.29, 0.717) is 12.8 Å². The fourth-order valence-corrected chi connectivity index (χ4v) is 3.13. The van der Waals surface area contributed by atoms with Gasteiger partial charge in [-0.1, -0.05) is 30.3 Å². The smallest absolute Gasteiger partial charge is 0.407 e. The topological polar surface area (TPSA) is 197 Å². The number of carbonyl (C=O) groups is 5. The lowest BCUT2D eigenvalue weighted by Crippen LogP contribution is -2.55. The summed E-state index contributed by atoms with van der Waals surface area (Å²) in [4.78, 5) is 59.5. The summed E-state index contributed by atoms with van der Waals surface area (Å²) >= 11 is 0. The van der Waals surface area contributed by atoms with Gasteiger partial charge in [-0.25, -0.2) is 9.59 Å². The standard InChI is InChI=1S/C24H36N4O8/c1-24(2,3)36-23(35)26-12-8-7-11-17(21(32)28-18(22(33)34)14-19(29)30)27-20(31)16(25)13-15-9-5-4-6-10-15/h4-6,9-10,16-18H,7-8,11-14,25H2,1-3H3,(H,26,35)(H,27,31)(H,28,32)(H,29,30)(H,33,34)/t16-,17-,18-/m0/s1. The molecule has 0 heterocycles. The number of hydrogen-bond donors (Lipinski definition) is 6. The summed E-state index contributed by atoms with van der Waals surface area (Å²) in [6.45, 7) is 5.45. The van der Waals surface area contributed by atoms with Gasteiger partial charge in [0.25, 0.3) is 0 Å². The highest BCUT2D eigenvalue weighted by atomic mass is 16.6. The molecule has 3 amide bonds. The Morgan fingerprint density at radius 1 is 0.944 bits per heavy atom. The zero-order chi connectivity index (χ0) is 27.3. The van der Waals surface area contributed by atoms with Crippen molar-refractivity contribution >= 4 is 29.8 Å². The highest BCUT2D eigenvalue weighted by molar-refractivity contribution is 5.92. The third kappa shape index (κ3) is 12.7. The van der Waals surface area contributed by atoms with E-state index in [0.717, 1.165) is 5.56 Å². The molecule has 0 saturated heterocycles. The number of aliphatic carboxylic acids is 2. The van der Waals surface area contributed by atoms with Gasteiger partial charge >= 0.3 is 18.0 Å². The third-order valence-corrected chi connectivity index (χ3v) is 4.85. The van der Waals surface area contributed by atoms with E-state index in [1.165, 1.54) is 0 Å². The number of hydrogen-bond acceptors (Lipinski definition) is 7. The maximum atomic E-state index is 12.8. The van der Waals surface area contributed by atoms with Gasteiger partial charge in [-0.3, -0.25) is 14.4 Å². The lowest BCUT2D eigenvalue weighted by molar-refractivity contribution is -0.147. The largest absolute Gasteiger partial charge is 0.481 e. The van der Waals surface area contributed by atoms with Crippen molar-refractivity contribution in [2.45, 2.75) is 76.6 Å². The van der Waals surface area contributed by atoms with E-state index in [-0.39, 0.29) is 19.4 Å². The van der Waals surface area contributed by atoms with Crippen molar-refractivity contribution in [3.05, 3.63) is 35.9 Å². The van der Waals surface area contributed by atoms with E-state index in [4.69, 9.17) is 15.6 Å². The highest BCUT2D eigenvalue weighted by Gasteiger charge is 2.29. The monoisotopic (exact) mass is 508 g/mol. The van der Waals surface area contributed by atoms with Crippen molar-refractivity contribution in [1.29, 1.82) is 0 Å². The van der Waals surface area contributed by atoms with Crippen molar-refractivity contribution in [3.63, 3.8) is 0 Å². The van der Waals surface area contributed by atoms with Crippen molar-refractivity contribution in [1.82, 2.24) is 16.0 Å². The van der Waals surface area contributed by atoms with Gasteiger partial charge in [-0.2, -0.15) is 0 Å². The maximum Gasteiger partial charge on any atom is 0.407 e. The molecule has 0 aromatic heterocycles. The first-order chi connectivity index (χ1) is 16.8. The SMILES string of the molecule is CC(C)(C)OC(=O)NCCCC[C@H](NC(=O)[C@@H](N)Cc1ccccc1)C(=O)N[C@@H](CC(=O)O)C(=O)O. The Labute approximate surface area is 209 Å². The van der Waals surface area contributed by atoms with E-state index >= 15 is 0 Å². The van der Waals surface area contributed by atoms with E-state index in [1.807, 2.05) is 6.07 Å². The van der Waals surface area contributed by atoms with Gasteiger partial charge in [-0.15, -0.1) is 0 Å². The fraction of sp³-hybridized carbons (Fsp3) is 0.542. The Bertz CT molecular complexity index is 901. The average molecular weight is 509 g/mol. The van der Waals surface area contributed by atoms with Crippen LogP contribution in [0.5, 0.6) is 0 Å². The first-order valence-corrected chi connectivity index (χ1v) is 11.6. The van der Waals surface area contributed by atoms with Crippen LogP contribution in [0.15, 0.2) is 30.3 Å². The number of nitrogens with one attached hydrogen (secondary N) is 3. The van der Waals surface area contributed by atoms with Crippen LogP contribution < -0.4 is 21.7 Å². The van der Waals surface area contributed by atoms with Crippen LogP contribution in [0.4, 0.5) is 4.79 Å². The molecule has 0 spiro atoms. The number of benzene rings is 1. The van der Waals surface area contributed by atoms with Crippen LogP contribution in [-0.2, 0) is 30.3 Å². The number of unbranched alkanes of at least 4 members (excludes halogenated alkanes) is 1. The highest BCUT2D eigenvalue weighted by Crippen LogP contribution is 2.08. The summed E-state index contributed by atoms with van der Waals surface area (Å²) in [7, 11) is 0. The number of carboxylic acid groups (broad SMARTS) is 2. The van der Waals surface area contributed by atoms with Gasteiger partial charge < -0.3 is 36.6 Å². The van der Waals surface area contributed by atoms with Crippen molar-refractivity contribution in [2.24, 2.45) is 5.73 Å². The third-order valence-electron chi connectivity index (χ3n) is 4.85. The second kappa shape index (κ2) is 14.7. The first-order valence-electron chi connectivity index (χ1n) is 11.6. The molecule has 0 unspecified atom stereocenters. The van der Waals surface area contributed by atoms with E-state index in [9.17, 15) is 29.1 Å². The van der Waals surface area contributed by atoms with Gasteiger partial charge in [-0.05, 0) is 52.0 Å². The molecule has 200 valence electrons. The molecular formula is C24H36N4O8. The van der Waals surface area contributed by atoms with Gasteiger partial charge in [0.05, 0.1) is 12.5 Å². The molecule has 0 fully saturated rings. The molecule has 0 aliphatic carbocycles. The number of carbonyl (C=O) groups excluding carboxylic acids is 3. The number of carboxylic acids is 2. The Kier molecular flexibility index (Phi) is 12.4. The van der Waals surface area contributed by atoms with Crippen LogP contribution >= 0.6 is 0 Å². The molecule has 0 radical (unpaired) electrons. The molecule has 3 atom stereocenters. The number of nitrogens with two attached hydrogens (primary N) is 1. The Balaban J connectivity index is 2.76.